The van der Waals surface area contributed by atoms with E-state index in [-0.39, 0.29) is 0 Å². The summed E-state index contributed by atoms with van der Waals surface area (Å²) >= 11 is 0. The van der Waals surface area contributed by atoms with E-state index >= 15 is 0 Å². The molecule has 0 saturated heterocycles. The number of anilines is 1. The number of aromatic nitrogens is 4. The van der Waals surface area contributed by atoms with Crippen molar-refractivity contribution in [3.8, 4) is 11.4 Å². The monoisotopic (exact) mass is 289 g/mol. The number of ether oxygens (including phenoxy) is 1. The van der Waals surface area contributed by atoms with Gasteiger partial charge < -0.3 is 10.5 Å². The molecule has 21 heavy (non-hydrogen) atoms. The number of nitrogens with zero attached hydrogens (tertiary/aromatic N) is 4. The molecule has 0 aliphatic carbocycles. The Morgan fingerprint density at radius 1 is 1.24 bits per heavy atom. The molecule has 0 amide bonds. The van der Waals surface area contributed by atoms with Gasteiger partial charge in [0.25, 0.3) is 0 Å². The first-order valence-corrected chi connectivity index (χ1v) is 7.42. The Bertz CT molecular complexity index is 567. The lowest BCUT2D eigenvalue weighted by molar-refractivity contribution is 0.125. The Morgan fingerprint density at radius 2 is 2.05 bits per heavy atom. The molecule has 0 radical (unpaired) electrons. The van der Waals surface area contributed by atoms with Crippen LogP contribution < -0.4 is 5.73 Å². The minimum Gasteiger partial charge on any atom is -0.398 e. The molecule has 0 bridgehead atoms. The predicted molar refractivity (Wildman–Crippen MR) is 82.7 cm³/mol. The summed E-state index contributed by atoms with van der Waals surface area (Å²) in [6.07, 6.45) is 3.15. The van der Waals surface area contributed by atoms with E-state index < -0.39 is 0 Å². The average molecular weight is 289 g/mol. The second kappa shape index (κ2) is 7.73. The molecule has 2 N–H and O–H groups in total. The third kappa shape index (κ3) is 4.26. The molecule has 6 nitrogen and oxygen atoms in total. The number of rotatable bonds is 8. The van der Waals surface area contributed by atoms with Crippen LogP contribution in [0, 0.1) is 6.92 Å². The SMILES string of the molecule is CCCCOCCCn1nnnc1-c1cc(C)ccc1N. The van der Waals surface area contributed by atoms with Crippen LogP contribution >= 0.6 is 0 Å². The molecule has 1 aromatic carbocycles. The van der Waals surface area contributed by atoms with Crippen molar-refractivity contribution in [1.29, 1.82) is 0 Å². The molecule has 0 unspecified atom stereocenters. The topological polar surface area (TPSA) is 78.8 Å². The molecule has 2 aromatic rings. The van der Waals surface area contributed by atoms with Crippen LogP contribution in [0.3, 0.4) is 0 Å². The number of benzene rings is 1. The van der Waals surface area contributed by atoms with Gasteiger partial charge in [0.05, 0.1) is 0 Å². The number of nitrogen functional groups attached to an aromatic ring is 1. The van der Waals surface area contributed by atoms with Gasteiger partial charge in [0, 0.05) is 31.0 Å². The molecule has 0 atom stereocenters. The van der Waals surface area contributed by atoms with Crippen molar-refractivity contribution in [2.75, 3.05) is 18.9 Å². The van der Waals surface area contributed by atoms with E-state index in [9.17, 15) is 0 Å². The number of tetrazole rings is 1. The number of hydrogen-bond donors (Lipinski definition) is 1. The predicted octanol–water partition coefficient (Wildman–Crippen LogP) is 2.44. The van der Waals surface area contributed by atoms with Gasteiger partial charge >= 0.3 is 0 Å². The third-order valence-electron chi connectivity index (χ3n) is 3.28. The standard InChI is InChI=1S/C15H23N5O/c1-3-4-9-21-10-5-8-20-15(17-18-19-20)13-11-12(2)6-7-14(13)16/h6-7,11H,3-5,8-10,16H2,1-2H3. The van der Waals surface area contributed by atoms with Crippen LogP contribution in [0.15, 0.2) is 18.2 Å². The molecule has 0 spiro atoms. The van der Waals surface area contributed by atoms with Crippen molar-refractivity contribution >= 4 is 5.69 Å². The molecule has 6 heteroatoms. The van der Waals surface area contributed by atoms with Crippen molar-refractivity contribution in [3.63, 3.8) is 0 Å². The lowest BCUT2D eigenvalue weighted by atomic mass is 10.1. The van der Waals surface area contributed by atoms with Gasteiger partial charge in [0.15, 0.2) is 5.82 Å². The van der Waals surface area contributed by atoms with Gasteiger partial charge in [-0.25, -0.2) is 4.68 Å². The van der Waals surface area contributed by atoms with Gasteiger partial charge in [0.2, 0.25) is 0 Å². The van der Waals surface area contributed by atoms with E-state index in [1.165, 1.54) is 0 Å². The van der Waals surface area contributed by atoms with Crippen LogP contribution in [0.1, 0.15) is 31.7 Å². The molecular formula is C15H23N5O. The highest BCUT2D eigenvalue weighted by molar-refractivity contribution is 5.71. The van der Waals surface area contributed by atoms with Gasteiger partial charge in [-0.2, -0.15) is 0 Å². The molecule has 0 fully saturated rings. The van der Waals surface area contributed by atoms with Crippen LogP contribution in [0.4, 0.5) is 5.69 Å². The second-order valence-corrected chi connectivity index (χ2v) is 5.14. The summed E-state index contributed by atoms with van der Waals surface area (Å²) in [7, 11) is 0. The Morgan fingerprint density at radius 3 is 2.86 bits per heavy atom. The quantitative estimate of drug-likeness (QED) is 0.596. The molecule has 1 heterocycles. The Balaban J connectivity index is 1.97. The normalized spacial score (nSPS) is 11.0. The second-order valence-electron chi connectivity index (χ2n) is 5.14. The van der Waals surface area contributed by atoms with Crippen LogP contribution in [-0.4, -0.2) is 33.4 Å². The molecule has 0 saturated carbocycles. The van der Waals surface area contributed by atoms with Crippen LogP contribution in [0.2, 0.25) is 0 Å². The minimum atomic E-state index is 0.691. The average Bonchev–Trinajstić information content (AvgIpc) is 2.93. The zero-order valence-electron chi connectivity index (χ0n) is 12.7. The summed E-state index contributed by atoms with van der Waals surface area (Å²) in [6, 6.07) is 5.88. The smallest absolute Gasteiger partial charge is 0.184 e. The van der Waals surface area contributed by atoms with Crippen molar-refractivity contribution < 1.29 is 4.74 Å². The van der Waals surface area contributed by atoms with E-state index in [2.05, 4.69) is 22.4 Å². The van der Waals surface area contributed by atoms with Gasteiger partial charge in [-0.15, -0.1) is 5.10 Å². The molecule has 114 valence electrons. The van der Waals surface area contributed by atoms with Crippen molar-refractivity contribution in [1.82, 2.24) is 20.2 Å². The highest BCUT2D eigenvalue weighted by atomic mass is 16.5. The zero-order valence-corrected chi connectivity index (χ0v) is 12.7. The first-order valence-electron chi connectivity index (χ1n) is 7.42. The maximum Gasteiger partial charge on any atom is 0.184 e. The van der Waals surface area contributed by atoms with Crippen LogP contribution in [0.5, 0.6) is 0 Å². The lowest BCUT2D eigenvalue weighted by Gasteiger charge is -2.08. The van der Waals surface area contributed by atoms with E-state index in [1.807, 2.05) is 25.1 Å². The first kappa shape index (κ1) is 15.4. The van der Waals surface area contributed by atoms with E-state index in [4.69, 9.17) is 10.5 Å². The van der Waals surface area contributed by atoms with Gasteiger partial charge in [0.1, 0.15) is 0 Å². The number of nitrogens with two attached hydrogens (primary N) is 1. The largest absolute Gasteiger partial charge is 0.398 e. The van der Waals surface area contributed by atoms with Crippen molar-refractivity contribution in [3.05, 3.63) is 23.8 Å². The third-order valence-corrected chi connectivity index (χ3v) is 3.28. The Kier molecular flexibility index (Phi) is 5.68. The lowest BCUT2D eigenvalue weighted by Crippen LogP contribution is -2.07. The van der Waals surface area contributed by atoms with Gasteiger partial charge in [-0.05, 0) is 42.3 Å². The minimum absolute atomic E-state index is 0.691. The molecular weight excluding hydrogens is 266 g/mol. The van der Waals surface area contributed by atoms with Gasteiger partial charge in [-0.3, -0.25) is 0 Å². The fourth-order valence-electron chi connectivity index (χ4n) is 2.08. The molecule has 0 aliphatic heterocycles. The van der Waals surface area contributed by atoms with Gasteiger partial charge in [-0.1, -0.05) is 25.0 Å². The highest BCUT2D eigenvalue weighted by Gasteiger charge is 2.11. The zero-order chi connectivity index (χ0) is 15.1. The van der Waals surface area contributed by atoms with Crippen molar-refractivity contribution in [2.45, 2.75) is 39.7 Å². The summed E-state index contributed by atoms with van der Waals surface area (Å²) in [5.41, 5.74) is 8.73. The van der Waals surface area contributed by atoms with Crippen LogP contribution in [-0.2, 0) is 11.3 Å². The number of aryl methyl sites for hydroxylation is 2. The fraction of sp³-hybridized carbons (Fsp3) is 0.533. The molecule has 1 aromatic heterocycles. The maximum absolute atomic E-state index is 6.03. The summed E-state index contributed by atoms with van der Waals surface area (Å²) in [4.78, 5) is 0. The fourth-order valence-corrected chi connectivity index (χ4v) is 2.08. The van der Waals surface area contributed by atoms with E-state index in [0.717, 1.165) is 50.1 Å². The Hall–Kier alpha value is -1.95. The van der Waals surface area contributed by atoms with E-state index in [1.54, 1.807) is 4.68 Å². The molecule has 2 rings (SSSR count). The summed E-state index contributed by atoms with van der Waals surface area (Å²) in [6.45, 7) is 6.45. The Labute approximate surface area is 125 Å². The highest BCUT2D eigenvalue weighted by Crippen LogP contribution is 2.24. The first-order chi connectivity index (χ1) is 10.2. The van der Waals surface area contributed by atoms with Crippen LogP contribution in [0.25, 0.3) is 11.4 Å². The van der Waals surface area contributed by atoms with E-state index in [0.29, 0.717) is 11.5 Å². The number of unbranched alkanes of at least 4 members (excludes halogenated alkanes) is 1. The summed E-state index contributed by atoms with van der Waals surface area (Å²) < 4.78 is 7.34. The number of hydrogen-bond acceptors (Lipinski definition) is 5. The van der Waals surface area contributed by atoms with Crippen molar-refractivity contribution in [2.24, 2.45) is 0 Å². The molecule has 0 aliphatic rings. The maximum atomic E-state index is 6.03. The summed E-state index contributed by atoms with van der Waals surface area (Å²) in [5.74, 6) is 0.713. The summed E-state index contributed by atoms with van der Waals surface area (Å²) in [5, 5.41) is 11.9.